The van der Waals surface area contributed by atoms with Crippen LogP contribution in [-0.4, -0.2) is 49.0 Å². The SMILES string of the molecule is COc1ccnc(CN2CCN(c3cc(CC(C)C)cc(F)c3/C(N)=N/NN)CC2)c1C. The molecule has 1 saturated heterocycles. The predicted molar refractivity (Wildman–Crippen MR) is 126 cm³/mol. The van der Waals surface area contributed by atoms with Gasteiger partial charge < -0.3 is 15.4 Å². The first kappa shape index (κ1) is 23.7. The van der Waals surface area contributed by atoms with E-state index < -0.39 is 0 Å². The summed E-state index contributed by atoms with van der Waals surface area (Å²) in [6, 6.07) is 5.45. The van der Waals surface area contributed by atoms with E-state index in [1.807, 2.05) is 19.1 Å². The molecule has 0 atom stereocenters. The van der Waals surface area contributed by atoms with Crippen molar-refractivity contribution in [3.05, 3.63) is 52.6 Å². The van der Waals surface area contributed by atoms with Crippen LogP contribution in [0.1, 0.15) is 36.2 Å². The molecule has 1 aliphatic rings. The van der Waals surface area contributed by atoms with Crippen LogP contribution in [0, 0.1) is 18.7 Å². The summed E-state index contributed by atoms with van der Waals surface area (Å²) in [6.07, 6.45) is 2.57. The minimum absolute atomic E-state index is 0.0368. The second kappa shape index (κ2) is 10.6. The van der Waals surface area contributed by atoms with Crippen molar-refractivity contribution in [2.75, 3.05) is 38.2 Å². The standard InChI is InChI=1S/C23H34FN7O/c1-15(2)11-17-12-18(24)22(23(25)28-29-26)20(13-17)31-9-7-30(8-10-31)14-19-16(3)21(32-4)5-6-27-19/h5-6,12-13,15,29H,7-11,14,26H2,1-4H3,(H2,25,28). The number of amidine groups is 1. The lowest BCUT2D eigenvalue weighted by molar-refractivity contribution is 0.246. The summed E-state index contributed by atoms with van der Waals surface area (Å²) >= 11 is 0. The molecule has 2 heterocycles. The van der Waals surface area contributed by atoms with Crippen LogP contribution in [0.15, 0.2) is 29.5 Å². The average Bonchev–Trinajstić information content (AvgIpc) is 2.75. The Hall–Kier alpha value is -2.91. The van der Waals surface area contributed by atoms with E-state index in [-0.39, 0.29) is 17.2 Å². The number of pyridine rings is 1. The summed E-state index contributed by atoms with van der Waals surface area (Å²) < 4.78 is 20.5. The molecule has 174 valence electrons. The van der Waals surface area contributed by atoms with Gasteiger partial charge in [0, 0.05) is 44.5 Å². The van der Waals surface area contributed by atoms with Gasteiger partial charge in [-0.3, -0.25) is 9.88 Å². The first-order chi connectivity index (χ1) is 15.3. The number of rotatable bonds is 8. The molecule has 0 saturated carbocycles. The van der Waals surface area contributed by atoms with Gasteiger partial charge in [0.25, 0.3) is 0 Å². The number of nitrogens with zero attached hydrogens (tertiary/aromatic N) is 4. The van der Waals surface area contributed by atoms with Crippen LogP contribution in [0.25, 0.3) is 0 Å². The van der Waals surface area contributed by atoms with E-state index >= 15 is 4.39 Å². The molecule has 1 aromatic carbocycles. The van der Waals surface area contributed by atoms with Gasteiger partial charge in [-0.25, -0.2) is 15.8 Å². The molecule has 0 bridgehead atoms. The molecule has 1 aliphatic heterocycles. The Bertz CT molecular complexity index is 956. The van der Waals surface area contributed by atoms with Crippen LogP contribution in [0.3, 0.4) is 0 Å². The molecule has 0 spiro atoms. The summed E-state index contributed by atoms with van der Waals surface area (Å²) in [6.45, 7) is 10.1. The van der Waals surface area contributed by atoms with Crippen molar-refractivity contribution < 1.29 is 9.13 Å². The molecule has 3 rings (SSSR count). The summed E-state index contributed by atoms with van der Waals surface area (Å²) in [5, 5.41) is 3.82. The maximum Gasteiger partial charge on any atom is 0.157 e. The highest BCUT2D eigenvalue weighted by Gasteiger charge is 2.24. The summed E-state index contributed by atoms with van der Waals surface area (Å²) in [7, 11) is 1.67. The molecule has 0 radical (unpaired) electrons. The number of benzene rings is 1. The van der Waals surface area contributed by atoms with Gasteiger partial charge in [-0.05, 0) is 43.0 Å². The Morgan fingerprint density at radius 1 is 1.28 bits per heavy atom. The lowest BCUT2D eigenvalue weighted by Gasteiger charge is -2.37. The lowest BCUT2D eigenvalue weighted by atomic mass is 9.98. The van der Waals surface area contributed by atoms with Crippen molar-refractivity contribution in [3.63, 3.8) is 0 Å². The molecule has 8 nitrogen and oxygen atoms in total. The number of hydrazone groups is 1. The third-order valence-corrected chi connectivity index (χ3v) is 5.78. The zero-order valence-electron chi connectivity index (χ0n) is 19.4. The Morgan fingerprint density at radius 2 is 2.00 bits per heavy atom. The van der Waals surface area contributed by atoms with E-state index in [9.17, 15) is 0 Å². The first-order valence-corrected chi connectivity index (χ1v) is 10.9. The van der Waals surface area contributed by atoms with Crippen molar-refractivity contribution in [1.29, 1.82) is 0 Å². The van der Waals surface area contributed by atoms with E-state index in [1.165, 1.54) is 0 Å². The van der Waals surface area contributed by atoms with Gasteiger partial charge in [-0.2, -0.15) is 0 Å². The Morgan fingerprint density at radius 3 is 2.62 bits per heavy atom. The molecular weight excluding hydrogens is 409 g/mol. The number of nitrogens with one attached hydrogen (secondary N) is 1. The Balaban J connectivity index is 1.80. The van der Waals surface area contributed by atoms with Gasteiger partial charge in [0.1, 0.15) is 11.6 Å². The van der Waals surface area contributed by atoms with Gasteiger partial charge in [0.15, 0.2) is 5.84 Å². The molecule has 2 aromatic rings. The van der Waals surface area contributed by atoms with Crippen LogP contribution < -0.4 is 26.7 Å². The number of hydrogen-bond acceptors (Lipinski definition) is 7. The van der Waals surface area contributed by atoms with E-state index in [0.717, 1.165) is 67.4 Å². The van der Waals surface area contributed by atoms with E-state index in [0.29, 0.717) is 5.92 Å². The van der Waals surface area contributed by atoms with Crippen LogP contribution in [0.2, 0.25) is 0 Å². The van der Waals surface area contributed by atoms with Gasteiger partial charge >= 0.3 is 0 Å². The number of aromatic nitrogens is 1. The van der Waals surface area contributed by atoms with Crippen molar-refractivity contribution in [2.45, 2.75) is 33.7 Å². The van der Waals surface area contributed by atoms with Crippen LogP contribution in [0.4, 0.5) is 10.1 Å². The Kier molecular flexibility index (Phi) is 7.87. The van der Waals surface area contributed by atoms with Crippen LogP contribution in [0.5, 0.6) is 5.75 Å². The number of ether oxygens (including phenoxy) is 1. The van der Waals surface area contributed by atoms with Crippen LogP contribution >= 0.6 is 0 Å². The average molecular weight is 444 g/mol. The molecule has 9 heteroatoms. The number of hydrazine groups is 1. The number of methoxy groups -OCH3 is 1. The van der Waals surface area contributed by atoms with E-state index in [2.05, 4.69) is 39.3 Å². The van der Waals surface area contributed by atoms with Gasteiger partial charge in [0.2, 0.25) is 0 Å². The maximum atomic E-state index is 15.1. The fraction of sp³-hybridized carbons (Fsp3) is 0.478. The number of piperazine rings is 1. The second-order valence-corrected chi connectivity index (χ2v) is 8.54. The topological polar surface area (TPSA) is 105 Å². The van der Waals surface area contributed by atoms with Crippen molar-refractivity contribution in [2.24, 2.45) is 22.6 Å². The highest BCUT2D eigenvalue weighted by molar-refractivity contribution is 6.02. The fourth-order valence-corrected chi connectivity index (χ4v) is 4.16. The minimum Gasteiger partial charge on any atom is -0.496 e. The molecule has 5 N–H and O–H groups in total. The molecule has 0 amide bonds. The summed E-state index contributed by atoms with van der Waals surface area (Å²) in [4.78, 5) is 9.05. The second-order valence-electron chi connectivity index (χ2n) is 8.54. The smallest absolute Gasteiger partial charge is 0.157 e. The molecular formula is C23H34FN7O. The largest absolute Gasteiger partial charge is 0.496 e. The van der Waals surface area contributed by atoms with E-state index in [4.69, 9.17) is 16.3 Å². The first-order valence-electron chi connectivity index (χ1n) is 10.9. The molecule has 0 aliphatic carbocycles. The molecule has 1 fully saturated rings. The summed E-state index contributed by atoms with van der Waals surface area (Å²) in [5.74, 6) is 6.21. The Labute approximate surface area is 189 Å². The van der Waals surface area contributed by atoms with Gasteiger partial charge in [-0.15, -0.1) is 5.10 Å². The highest BCUT2D eigenvalue weighted by atomic mass is 19.1. The highest BCUT2D eigenvalue weighted by Crippen LogP contribution is 2.28. The van der Waals surface area contributed by atoms with Gasteiger partial charge in [0.05, 0.1) is 24.1 Å². The normalized spacial score (nSPS) is 15.3. The maximum absolute atomic E-state index is 15.1. The fourth-order valence-electron chi connectivity index (χ4n) is 4.16. The third kappa shape index (κ3) is 5.46. The quantitative estimate of drug-likeness (QED) is 0.248. The number of halogens is 1. The number of nitrogens with two attached hydrogens (primary N) is 2. The monoisotopic (exact) mass is 443 g/mol. The third-order valence-electron chi connectivity index (χ3n) is 5.78. The number of hydrogen-bond donors (Lipinski definition) is 3. The number of anilines is 1. The van der Waals surface area contributed by atoms with E-state index in [1.54, 1.807) is 19.4 Å². The summed E-state index contributed by atoms with van der Waals surface area (Å²) in [5.41, 5.74) is 12.3. The molecule has 0 unspecified atom stereocenters. The van der Waals surface area contributed by atoms with Crippen molar-refractivity contribution in [3.8, 4) is 5.75 Å². The zero-order valence-corrected chi connectivity index (χ0v) is 19.4. The minimum atomic E-state index is -0.381. The van der Waals surface area contributed by atoms with Crippen molar-refractivity contribution in [1.82, 2.24) is 15.4 Å². The van der Waals surface area contributed by atoms with Gasteiger partial charge in [-0.1, -0.05) is 13.8 Å². The molecule has 32 heavy (non-hydrogen) atoms. The predicted octanol–water partition coefficient (Wildman–Crippen LogP) is 2.14. The van der Waals surface area contributed by atoms with Crippen LogP contribution in [-0.2, 0) is 13.0 Å². The molecule has 1 aromatic heterocycles. The zero-order chi connectivity index (χ0) is 23.3. The van der Waals surface area contributed by atoms with Crippen molar-refractivity contribution >= 4 is 11.5 Å². The lowest BCUT2D eigenvalue weighted by Crippen LogP contribution is -2.47.